The Bertz CT molecular complexity index is 453. The first-order valence-electron chi connectivity index (χ1n) is 4.44. The number of alkyl halides is 5. The number of Topliss-reactive ketones (excluding diaryl/α,β-unsaturated/α-hetero) is 1. The predicted octanol–water partition coefficient (Wildman–Crippen LogP) is 3.43. The molecule has 17 heavy (non-hydrogen) atoms. The zero-order chi connectivity index (χ0) is 13.4. The number of halogens is 5. The molecule has 0 aliphatic carbocycles. The van der Waals surface area contributed by atoms with Crippen LogP contribution in [0.15, 0.2) is 12.1 Å². The summed E-state index contributed by atoms with van der Waals surface area (Å²) in [5.74, 6) is -0.966. The van der Waals surface area contributed by atoms with Crippen LogP contribution in [0.1, 0.15) is 34.8 Å². The van der Waals surface area contributed by atoms with Gasteiger partial charge in [0.1, 0.15) is 0 Å². The van der Waals surface area contributed by atoms with Gasteiger partial charge in [0.05, 0.1) is 5.56 Å². The Morgan fingerprint density at radius 3 is 2.18 bits per heavy atom. The molecule has 0 spiro atoms. The van der Waals surface area contributed by atoms with Crippen LogP contribution in [0.25, 0.3) is 0 Å². The second-order valence-corrected chi connectivity index (χ2v) is 3.39. The largest absolute Gasteiger partial charge is 0.419 e. The number of nitrogen functional groups attached to an aromatic ring is 1. The standard InChI is InChI=1S/C10H8F5NO/c1-4(17)6-2-5(9(11)12)3-7(16)8(6)10(13,14)15/h2-3,9H,16H2,1H3. The van der Waals surface area contributed by atoms with Gasteiger partial charge in [0.25, 0.3) is 6.43 Å². The van der Waals surface area contributed by atoms with Crippen molar-refractivity contribution in [2.45, 2.75) is 19.5 Å². The third kappa shape index (κ3) is 2.72. The number of nitrogens with two attached hydrogens (primary N) is 1. The smallest absolute Gasteiger partial charge is 0.398 e. The van der Waals surface area contributed by atoms with E-state index in [0.717, 1.165) is 6.92 Å². The predicted molar refractivity (Wildman–Crippen MR) is 50.8 cm³/mol. The summed E-state index contributed by atoms with van der Waals surface area (Å²) in [6.45, 7) is 0.860. The Kier molecular flexibility index (Phi) is 3.40. The summed E-state index contributed by atoms with van der Waals surface area (Å²) in [5, 5.41) is 0. The molecule has 94 valence electrons. The van der Waals surface area contributed by atoms with E-state index in [1.54, 1.807) is 0 Å². The second-order valence-electron chi connectivity index (χ2n) is 3.39. The summed E-state index contributed by atoms with van der Waals surface area (Å²) >= 11 is 0. The van der Waals surface area contributed by atoms with Crippen LogP contribution in [0.2, 0.25) is 0 Å². The third-order valence-electron chi connectivity index (χ3n) is 2.11. The van der Waals surface area contributed by atoms with Gasteiger partial charge in [-0.3, -0.25) is 4.79 Å². The van der Waals surface area contributed by atoms with E-state index >= 15 is 0 Å². The lowest BCUT2D eigenvalue weighted by Crippen LogP contribution is -2.15. The summed E-state index contributed by atoms with van der Waals surface area (Å²) in [6, 6.07) is 1.05. The van der Waals surface area contributed by atoms with Gasteiger partial charge in [-0.1, -0.05) is 0 Å². The van der Waals surface area contributed by atoms with Crippen LogP contribution in [0.3, 0.4) is 0 Å². The first-order chi connectivity index (χ1) is 7.64. The minimum atomic E-state index is -4.86. The zero-order valence-corrected chi connectivity index (χ0v) is 8.61. The van der Waals surface area contributed by atoms with Crippen molar-refractivity contribution in [1.29, 1.82) is 0 Å². The van der Waals surface area contributed by atoms with Gasteiger partial charge in [-0.15, -0.1) is 0 Å². The minimum absolute atomic E-state index is 0.520. The maximum atomic E-state index is 12.6. The van der Waals surface area contributed by atoms with E-state index < -0.39 is 40.8 Å². The molecule has 0 saturated heterocycles. The molecule has 0 amide bonds. The summed E-state index contributed by atoms with van der Waals surface area (Å²) in [5.41, 5.74) is 1.29. The topological polar surface area (TPSA) is 43.1 Å². The molecular formula is C10H8F5NO. The molecule has 0 aliphatic heterocycles. The third-order valence-corrected chi connectivity index (χ3v) is 2.11. The number of carbonyl (C=O) groups excluding carboxylic acids is 1. The molecule has 0 saturated carbocycles. The van der Waals surface area contributed by atoms with E-state index in [2.05, 4.69) is 0 Å². The van der Waals surface area contributed by atoms with Crippen LogP contribution in [-0.2, 0) is 6.18 Å². The first kappa shape index (κ1) is 13.4. The molecule has 0 heterocycles. The van der Waals surface area contributed by atoms with E-state index in [1.165, 1.54) is 0 Å². The molecular weight excluding hydrogens is 245 g/mol. The Morgan fingerprint density at radius 1 is 1.29 bits per heavy atom. The highest BCUT2D eigenvalue weighted by molar-refractivity contribution is 5.97. The molecule has 1 aromatic rings. The number of rotatable bonds is 2. The average Bonchev–Trinajstić information content (AvgIpc) is 2.13. The lowest BCUT2D eigenvalue weighted by molar-refractivity contribution is -0.137. The molecule has 0 unspecified atom stereocenters. The number of hydrogen-bond acceptors (Lipinski definition) is 2. The van der Waals surface area contributed by atoms with Crippen LogP contribution < -0.4 is 5.73 Å². The number of carbonyl (C=O) groups is 1. The van der Waals surface area contributed by atoms with Crippen molar-refractivity contribution < 1.29 is 26.7 Å². The SMILES string of the molecule is CC(=O)c1cc(C(F)F)cc(N)c1C(F)(F)F. The number of hydrogen-bond donors (Lipinski definition) is 1. The van der Waals surface area contributed by atoms with Gasteiger partial charge in [0.15, 0.2) is 5.78 Å². The quantitative estimate of drug-likeness (QED) is 0.498. The summed E-state index contributed by atoms with van der Waals surface area (Å²) in [6.07, 6.45) is -7.84. The van der Waals surface area contributed by atoms with Gasteiger partial charge >= 0.3 is 6.18 Å². The normalized spacial score (nSPS) is 11.9. The molecule has 0 bridgehead atoms. The summed E-state index contributed by atoms with van der Waals surface area (Å²) in [4.78, 5) is 11.0. The van der Waals surface area contributed by atoms with Crippen molar-refractivity contribution in [3.63, 3.8) is 0 Å². The average molecular weight is 253 g/mol. The van der Waals surface area contributed by atoms with Crippen molar-refractivity contribution in [2.75, 3.05) is 5.73 Å². The first-order valence-corrected chi connectivity index (χ1v) is 4.44. The summed E-state index contributed by atoms with van der Waals surface area (Å²) < 4.78 is 62.5. The number of benzene rings is 1. The van der Waals surface area contributed by atoms with Gasteiger partial charge in [-0.25, -0.2) is 8.78 Å². The van der Waals surface area contributed by atoms with Gasteiger partial charge < -0.3 is 5.73 Å². The van der Waals surface area contributed by atoms with Crippen LogP contribution >= 0.6 is 0 Å². The Morgan fingerprint density at radius 2 is 1.82 bits per heavy atom. The van der Waals surface area contributed by atoms with Crippen LogP contribution in [0.5, 0.6) is 0 Å². The van der Waals surface area contributed by atoms with Crippen molar-refractivity contribution in [3.8, 4) is 0 Å². The Labute approximate surface area is 93.2 Å². The number of anilines is 1. The highest BCUT2D eigenvalue weighted by atomic mass is 19.4. The van der Waals surface area contributed by atoms with Gasteiger partial charge in [-0.2, -0.15) is 13.2 Å². The monoisotopic (exact) mass is 253 g/mol. The van der Waals surface area contributed by atoms with Crippen LogP contribution in [0, 0.1) is 0 Å². The van der Waals surface area contributed by atoms with Gasteiger partial charge in [0, 0.05) is 16.8 Å². The maximum absolute atomic E-state index is 12.6. The molecule has 2 N–H and O–H groups in total. The highest BCUT2D eigenvalue weighted by Gasteiger charge is 2.37. The van der Waals surface area contributed by atoms with Crippen molar-refractivity contribution in [3.05, 3.63) is 28.8 Å². The molecule has 0 fully saturated rings. The lowest BCUT2D eigenvalue weighted by atomic mass is 9.98. The Balaban J connectivity index is 3.56. The van der Waals surface area contributed by atoms with E-state index in [9.17, 15) is 26.7 Å². The summed E-state index contributed by atoms with van der Waals surface area (Å²) in [7, 11) is 0. The fraction of sp³-hybridized carbons (Fsp3) is 0.300. The molecule has 1 rings (SSSR count). The van der Waals surface area contributed by atoms with E-state index in [0.29, 0.717) is 12.1 Å². The molecule has 1 aromatic carbocycles. The fourth-order valence-electron chi connectivity index (χ4n) is 1.41. The fourth-order valence-corrected chi connectivity index (χ4v) is 1.41. The molecule has 0 atom stereocenters. The number of ketones is 1. The molecule has 0 aliphatic rings. The molecule has 7 heteroatoms. The van der Waals surface area contributed by atoms with E-state index in [4.69, 9.17) is 5.73 Å². The van der Waals surface area contributed by atoms with Crippen LogP contribution in [-0.4, -0.2) is 5.78 Å². The zero-order valence-electron chi connectivity index (χ0n) is 8.61. The maximum Gasteiger partial charge on any atom is 0.419 e. The van der Waals surface area contributed by atoms with Gasteiger partial charge in [-0.05, 0) is 19.1 Å². The lowest BCUT2D eigenvalue weighted by Gasteiger charge is -2.15. The second kappa shape index (κ2) is 4.31. The molecule has 2 nitrogen and oxygen atoms in total. The minimum Gasteiger partial charge on any atom is -0.398 e. The van der Waals surface area contributed by atoms with Crippen molar-refractivity contribution >= 4 is 11.5 Å². The van der Waals surface area contributed by atoms with Crippen molar-refractivity contribution in [1.82, 2.24) is 0 Å². The van der Waals surface area contributed by atoms with Crippen LogP contribution in [0.4, 0.5) is 27.6 Å². The molecule has 0 aromatic heterocycles. The highest BCUT2D eigenvalue weighted by Crippen LogP contribution is 2.38. The van der Waals surface area contributed by atoms with Crippen molar-refractivity contribution in [2.24, 2.45) is 0 Å². The van der Waals surface area contributed by atoms with E-state index in [1.807, 2.05) is 0 Å². The molecule has 0 radical (unpaired) electrons. The van der Waals surface area contributed by atoms with Gasteiger partial charge in [0.2, 0.25) is 0 Å². The van der Waals surface area contributed by atoms with E-state index in [-0.39, 0.29) is 0 Å². The Hall–Kier alpha value is -1.66.